The minimum Gasteiger partial charge on any atom is -0.369 e. The van der Waals surface area contributed by atoms with E-state index in [-0.39, 0.29) is 47.0 Å². The van der Waals surface area contributed by atoms with Crippen LogP contribution in [0.15, 0.2) is 30.5 Å². The molecule has 2 aliphatic rings. The van der Waals surface area contributed by atoms with Gasteiger partial charge in [0.25, 0.3) is 5.69 Å². The summed E-state index contributed by atoms with van der Waals surface area (Å²) in [5.74, 6) is -2.44. The number of amides is 2. The number of halogens is 2. The standard InChI is InChI=1S/C20H20ClFN6O4/c21-20-24-8-13(22)19(27-20)26-17-12-6-10(16(17)18(23)30)7-14(12)25-15(29)5-9-2-1-3-11(4-9)28(31)32/h1-4,8,10,12,14,16-17H,5-7H2,(H2,23,30)(H,25,29)(H,24,26,27)/t10-,12+,14+,16-,17+/m0/s1. The van der Waals surface area contributed by atoms with E-state index in [1.165, 1.54) is 18.2 Å². The fraction of sp³-hybridized carbons (Fsp3) is 0.400. The number of rotatable bonds is 7. The number of carbonyl (C=O) groups excluding carboxylic acids is 2. The van der Waals surface area contributed by atoms with Gasteiger partial charge in [0.05, 0.1) is 23.5 Å². The highest BCUT2D eigenvalue weighted by Gasteiger charge is 2.55. The Kier molecular flexibility index (Phi) is 5.92. The third-order valence-electron chi connectivity index (χ3n) is 6.18. The number of nitrogens with zero attached hydrogens (tertiary/aromatic N) is 3. The molecular formula is C20H20ClFN6O4. The molecule has 168 valence electrons. The lowest BCUT2D eigenvalue weighted by molar-refractivity contribution is -0.384. The van der Waals surface area contributed by atoms with Gasteiger partial charge in [0.1, 0.15) is 0 Å². The Labute approximate surface area is 186 Å². The van der Waals surface area contributed by atoms with Crippen molar-refractivity contribution in [1.29, 1.82) is 0 Å². The van der Waals surface area contributed by atoms with Gasteiger partial charge in [-0.3, -0.25) is 19.7 Å². The second-order valence-electron chi connectivity index (χ2n) is 8.11. The smallest absolute Gasteiger partial charge is 0.269 e. The zero-order valence-electron chi connectivity index (χ0n) is 16.7. The highest BCUT2D eigenvalue weighted by atomic mass is 35.5. The number of non-ortho nitro benzene ring substituents is 1. The number of benzene rings is 1. The van der Waals surface area contributed by atoms with Crippen molar-refractivity contribution < 1.29 is 18.9 Å². The first-order chi connectivity index (χ1) is 15.2. The minimum atomic E-state index is -0.716. The van der Waals surface area contributed by atoms with E-state index in [2.05, 4.69) is 20.6 Å². The van der Waals surface area contributed by atoms with E-state index in [0.717, 1.165) is 6.20 Å². The quantitative estimate of drug-likeness (QED) is 0.322. The van der Waals surface area contributed by atoms with Crippen molar-refractivity contribution in [2.75, 3.05) is 5.32 Å². The van der Waals surface area contributed by atoms with Gasteiger partial charge in [-0.15, -0.1) is 0 Å². The Morgan fingerprint density at radius 2 is 2.12 bits per heavy atom. The van der Waals surface area contributed by atoms with E-state index in [4.69, 9.17) is 17.3 Å². The van der Waals surface area contributed by atoms with Crippen LogP contribution in [0.5, 0.6) is 0 Å². The molecule has 0 unspecified atom stereocenters. The Morgan fingerprint density at radius 1 is 1.34 bits per heavy atom. The molecule has 12 heteroatoms. The first-order valence-electron chi connectivity index (χ1n) is 9.99. The molecule has 0 radical (unpaired) electrons. The van der Waals surface area contributed by atoms with E-state index in [9.17, 15) is 24.1 Å². The third kappa shape index (κ3) is 4.33. The van der Waals surface area contributed by atoms with E-state index in [0.29, 0.717) is 18.4 Å². The van der Waals surface area contributed by atoms with Crippen LogP contribution in [-0.4, -0.2) is 38.8 Å². The Balaban J connectivity index is 1.47. The molecule has 0 saturated heterocycles. The number of fused-ring (bicyclic) bond motifs is 2. The number of hydrogen-bond donors (Lipinski definition) is 3. The van der Waals surface area contributed by atoms with Crippen molar-refractivity contribution in [3.8, 4) is 0 Å². The van der Waals surface area contributed by atoms with Crippen LogP contribution in [0, 0.1) is 33.7 Å². The molecule has 4 N–H and O–H groups in total. The minimum absolute atomic E-state index is 0.0247. The van der Waals surface area contributed by atoms with Crippen LogP contribution in [-0.2, 0) is 16.0 Å². The highest BCUT2D eigenvalue weighted by molar-refractivity contribution is 6.28. The maximum atomic E-state index is 14.2. The zero-order chi connectivity index (χ0) is 23.0. The first-order valence-corrected chi connectivity index (χ1v) is 10.4. The van der Waals surface area contributed by atoms with Crippen molar-refractivity contribution in [1.82, 2.24) is 15.3 Å². The molecule has 2 bridgehead atoms. The molecule has 10 nitrogen and oxygen atoms in total. The summed E-state index contributed by atoms with van der Waals surface area (Å²) in [7, 11) is 0. The average molecular weight is 463 g/mol. The molecule has 2 fully saturated rings. The van der Waals surface area contributed by atoms with Gasteiger partial charge in [0, 0.05) is 30.1 Å². The molecule has 0 aliphatic heterocycles. The SMILES string of the molecule is NC(=O)[C@H]1[C@H]2C[C@@H]([C@H]1Nc1nc(Cl)ncc1F)[C@H](NC(=O)Cc1cccc([N+](=O)[O-])c1)C2. The van der Waals surface area contributed by atoms with Gasteiger partial charge in [0.15, 0.2) is 11.6 Å². The van der Waals surface area contributed by atoms with Crippen LogP contribution in [0.1, 0.15) is 18.4 Å². The number of nitrogens with two attached hydrogens (primary N) is 1. The molecule has 32 heavy (non-hydrogen) atoms. The normalized spacial score (nSPS) is 26.0. The van der Waals surface area contributed by atoms with Crippen LogP contribution < -0.4 is 16.4 Å². The Hall–Kier alpha value is -3.34. The maximum Gasteiger partial charge on any atom is 0.269 e. The van der Waals surface area contributed by atoms with Crippen molar-refractivity contribution in [2.45, 2.75) is 31.3 Å². The van der Waals surface area contributed by atoms with Crippen LogP contribution in [0.3, 0.4) is 0 Å². The number of nitro groups is 1. The average Bonchev–Trinajstić information content (AvgIpc) is 3.28. The van der Waals surface area contributed by atoms with Crippen LogP contribution in [0.25, 0.3) is 0 Å². The van der Waals surface area contributed by atoms with Gasteiger partial charge < -0.3 is 16.4 Å². The summed E-state index contributed by atoms with van der Waals surface area (Å²) in [6, 6.07) is 5.08. The van der Waals surface area contributed by atoms with Crippen molar-refractivity contribution in [3.05, 3.63) is 57.2 Å². The van der Waals surface area contributed by atoms with E-state index in [1.807, 2.05) is 0 Å². The van der Waals surface area contributed by atoms with Crippen molar-refractivity contribution >= 4 is 34.9 Å². The van der Waals surface area contributed by atoms with Crippen molar-refractivity contribution in [2.24, 2.45) is 23.5 Å². The lowest BCUT2D eigenvalue weighted by Gasteiger charge is -2.35. The number of hydrogen-bond acceptors (Lipinski definition) is 7. The van der Waals surface area contributed by atoms with E-state index in [1.54, 1.807) is 6.07 Å². The molecule has 1 aromatic carbocycles. The molecule has 2 saturated carbocycles. The number of nitro benzene ring substituents is 1. The van der Waals surface area contributed by atoms with Crippen molar-refractivity contribution in [3.63, 3.8) is 0 Å². The molecule has 1 aromatic heterocycles. The lowest BCUT2D eigenvalue weighted by Crippen LogP contribution is -2.52. The molecule has 2 amide bonds. The largest absolute Gasteiger partial charge is 0.369 e. The monoisotopic (exact) mass is 462 g/mol. The Morgan fingerprint density at radius 3 is 2.84 bits per heavy atom. The summed E-state index contributed by atoms with van der Waals surface area (Å²) >= 11 is 5.77. The van der Waals surface area contributed by atoms with Gasteiger partial charge in [0.2, 0.25) is 17.1 Å². The van der Waals surface area contributed by atoms with E-state index >= 15 is 0 Å². The van der Waals surface area contributed by atoms with Crippen LogP contribution in [0.4, 0.5) is 15.9 Å². The molecule has 5 atom stereocenters. The van der Waals surface area contributed by atoms with Gasteiger partial charge in [-0.1, -0.05) is 12.1 Å². The third-order valence-corrected chi connectivity index (χ3v) is 6.37. The summed E-state index contributed by atoms with van der Waals surface area (Å²) in [6.07, 6.45) is 2.10. The predicted octanol–water partition coefficient (Wildman–Crippen LogP) is 1.83. The number of nitrogens with one attached hydrogen (secondary N) is 2. The Bertz CT molecular complexity index is 1090. The maximum absolute atomic E-state index is 14.2. The fourth-order valence-electron chi connectivity index (χ4n) is 4.96. The van der Waals surface area contributed by atoms with Gasteiger partial charge in [-0.2, -0.15) is 4.98 Å². The van der Waals surface area contributed by atoms with Gasteiger partial charge in [-0.05, 0) is 35.9 Å². The highest BCUT2D eigenvalue weighted by Crippen LogP contribution is 2.49. The predicted molar refractivity (Wildman–Crippen MR) is 112 cm³/mol. The second-order valence-corrected chi connectivity index (χ2v) is 8.45. The topological polar surface area (TPSA) is 153 Å². The van der Waals surface area contributed by atoms with Crippen LogP contribution in [0.2, 0.25) is 5.28 Å². The molecule has 1 heterocycles. The summed E-state index contributed by atoms with van der Waals surface area (Å²) < 4.78 is 14.2. The number of aromatic nitrogens is 2. The summed E-state index contributed by atoms with van der Waals surface area (Å²) in [4.78, 5) is 42.5. The lowest BCUT2D eigenvalue weighted by atomic mass is 9.81. The summed E-state index contributed by atoms with van der Waals surface area (Å²) in [6.45, 7) is 0. The number of anilines is 1. The molecule has 0 spiro atoms. The molecule has 2 aliphatic carbocycles. The summed E-state index contributed by atoms with van der Waals surface area (Å²) in [5, 5.41) is 16.7. The molecule has 2 aromatic rings. The van der Waals surface area contributed by atoms with Gasteiger partial charge in [-0.25, -0.2) is 9.37 Å². The second kappa shape index (κ2) is 8.65. The number of carbonyl (C=O) groups is 2. The zero-order valence-corrected chi connectivity index (χ0v) is 17.5. The van der Waals surface area contributed by atoms with E-state index < -0.39 is 28.6 Å². The number of primary amides is 1. The van der Waals surface area contributed by atoms with Gasteiger partial charge >= 0.3 is 0 Å². The molecular weight excluding hydrogens is 443 g/mol. The summed E-state index contributed by atoms with van der Waals surface area (Å²) in [5.41, 5.74) is 6.04. The van der Waals surface area contributed by atoms with Crippen LogP contribution >= 0.6 is 11.6 Å². The first kappa shape index (κ1) is 21.9. The molecule has 4 rings (SSSR count). The fourth-order valence-corrected chi connectivity index (χ4v) is 5.09.